The van der Waals surface area contributed by atoms with E-state index in [4.69, 9.17) is 9.47 Å². The Bertz CT molecular complexity index is 2110. The van der Waals surface area contributed by atoms with Crippen LogP contribution in [0.2, 0.25) is 0 Å². The normalized spacial score (nSPS) is 12.9. The topological polar surface area (TPSA) is 123 Å². The van der Waals surface area contributed by atoms with Crippen LogP contribution in [0.1, 0.15) is 62.0 Å². The summed E-state index contributed by atoms with van der Waals surface area (Å²) in [6.45, 7) is 2.21. The monoisotopic (exact) mass is 745 g/mol. The Hall–Kier alpha value is -5.65. The maximum absolute atomic E-state index is 13.7. The molecule has 4 aromatic carbocycles. The number of carbonyl (C=O) groups is 4. The molecule has 53 heavy (non-hydrogen) atoms. The summed E-state index contributed by atoms with van der Waals surface area (Å²) < 4.78 is 11.0. The molecule has 11 heteroatoms. The number of fused-ring (bicyclic) bond motifs is 1. The van der Waals surface area contributed by atoms with E-state index < -0.39 is 23.0 Å². The molecular weight excluding hydrogens is 707 g/mol. The van der Waals surface area contributed by atoms with Gasteiger partial charge in [-0.1, -0.05) is 66.7 Å². The number of rotatable bonds is 13. The number of hydrogen-bond donors (Lipinski definition) is 3. The third kappa shape index (κ3) is 9.82. The Morgan fingerprint density at radius 3 is 2.30 bits per heavy atom. The van der Waals surface area contributed by atoms with Gasteiger partial charge in [-0.05, 0) is 97.8 Å². The zero-order valence-corrected chi connectivity index (χ0v) is 31.0. The van der Waals surface area contributed by atoms with Gasteiger partial charge >= 0.3 is 5.97 Å². The quantitative estimate of drug-likeness (QED) is 0.0628. The van der Waals surface area contributed by atoms with Crippen molar-refractivity contribution in [3.63, 3.8) is 0 Å². The average molecular weight is 746 g/mol. The zero-order chi connectivity index (χ0) is 37.2. The number of amides is 3. The van der Waals surface area contributed by atoms with Crippen molar-refractivity contribution in [2.75, 3.05) is 17.7 Å². The summed E-state index contributed by atoms with van der Waals surface area (Å²) in [7, 11) is 1.35. The molecule has 1 unspecified atom stereocenters. The summed E-state index contributed by atoms with van der Waals surface area (Å²) in [5.74, 6) is -0.981. The van der Waals surface area contributed by atoms with Gasteiger partial charge < -0.3 is 25.4 Å². The van der Waals surface area contributed by atoms with Crippen molar-refractivity contribution in [2.24, 2.45) is 0 Å². The second kappa shape index (κ2) is 17.7. The van der Waals surface area contributed by atoms with Crippen LogP contribution in [0.5, 0.6) is 5.75 Å². The van der Waals surface area contributed by atoms with E-state index in [0.717, 1.165) is 46.6 Å². The van der Waals surface area contributed by atoms with Crippen LogP contribution < -0.4 is 20.7 Å². The fourth-order valence-electron chi connectivity index (χ4n) is 5.80. The summed E-state index contributed by atoms with van der Waals surface area (Å²) in [6.07, 6.45) is 5.32. The van der Waals surface area contributed by atoms with Crippen molar-refractivity contribution in [3.05, 3.63) is 148 Å². The molecule has 3 amide bonds. The highest BCUT2D eigenvalue weighted by Crippen LogP contribution is 2.39. The number of thiophene rings is 1. The molecule has 0 saturated heterocycles. The number of carbonyl (C=O) groups excluding carboxylic acids is 4. The fourth-order valence-corrected chi connectivity index (χ4v) is 8.01. The zero-order valence-electron chi connectivity index (χ0n) is 29.3. The number of thioether (sulfide) groups is 1. The second-order valence-corrected chi connectivity index (χ2v) is 14.9. The van der Waals surface area contributed by atoms with E-state index in [0.29, 0.717) is 39.7 Å². The molecule has 0 fully saturated rings. The number of esters is 1. The lowest BCUT2D eigenvalue weighted by atomic mass is 9.95. The lowest BCUT2D eigenvalue weighted by Gasteiger charge is -2.14. The van der Waals surface area contributed by atoms with E-state index in [2.05, 4.69) is 16.0 Å². The van der Waals surface area contributed by atoms with E-state index in [9.17, 15) is 19.2 Å². The number of benzene rings is 4. The first kappa shape index (κ1) is 37.1. The first-order chi connectivity index (χ1) is 25.8. The molecule has 270 valence electrons. The second-order valence-electron chi connectivity index (χ2n) is 12.4. The molecule has 0 saturated carbocycles. The van der Waals surface area contributed by atoms with Gasteiger partial charge in [-0.15, -0.1) is 23.1 Å². The van der Waals surface area contributed by atoms with Crippen LogP contribution in [0.4, 0.5) is 10.7 Å². The lowest BCUT2D eigenvalue weighted by Crippen LogP contribution is -2.30. The largest absolute Gasteiger partial charge is 0.489 e. The van der Waals surface area contributed by atoms with E-state index in [1.165, 1.54) is 30.2 Å². The third-order valence-corrected chi connectivity index (χ3v) is 10.8. The lowest BCUT2D eigenvalue weighted by molar-refractivity contribution is -0.115. The Morgan fingerprint density at radius 1 is 0.849 bits per heavy atom. The highest BCUT2D eigenvalue weighted by molar-refractivity contribution is 8.00. The number of nitrogens with one attached hydrogen (secondary N) is 3. The van der Waals surface area contributed by atoms with Crippen molar-refractivity contribution in [3.8, 4) is 5.75 Å². The predicted octanol–water partition coefficient (Wildman–Crippen LogP) is 8.52. The first-order valence-electron chi connectivity index (χ1n) is 17.2. The molecule has 0 spiro atoms. The smallest absolute Gasteiger partial charge is 0.341 e. The molecule has 1 aliphatic rings. The predicted molar refractivity (Wildman–Crippen MR) is 210 cm³/mol. The van der Waals surface area contributed by atoms with Crippen LogP contribution in [0.3, 0.4) is 0 Å². The Labute approximate surface area is 316 Å². The van der Waals surface area contributed by atoms with Gasteiger partial charge in [0.1, 0.15) is 23.1 Å². The van der Waals surface area contributed by atoms with Gasteiger partial charge in [-0.2, -0.15) is 0 Å². The maximum atomic E-state index is 13.7. The molecule has 6 rings (SSSR count). The summed E-state index contributed by atoms with van der Waals surface area (Å²) in [4.78, 5) is 54.8. The molecule has 0 bridgehead atoms. The Morgan fingerprint density at radius 2 is 1.57 bits per heavy atom. The highest BCUT2D eigenvalue weighted by Gasteiger charge is 2.28. The molecule has 1 aliphatic carbocycles. The summed E-state index contributed by atoms with van der Waals surface area (Å²) in [6, 6.07) is 32.9. The van der Waals surface area contributed by atoms with Gasteiger partial charge in [0, 0.05) is 21.0 Å². The van der Waals surface area contributed by atoms with Crippen LogP contribution in [-0.2, 0) is 33.8 Å². The molecule has 1 atom stereocenters. The fraction of sp³-hybridized carbons (Fsp3) is 0.190. The molecule has 3 N–H and O–H groups in total. The third-order valence-electron chi connectivity index (χ3n) is 8.54. The molecule has 5 aromatic rings. The number of methoxy groups -OCH3 is 1. The minimum Gasteiger partial charge on any atom is -0.489 e. The van der Waals surface area contributed by atoms with E-state index in [1.54, 1.807) is 55.5 Å². The SMILES string of the molecule is COC(=O)c1c(NC(=O)C(C)Sc2cccc(NC(=O)/C(=C/c3ccc(OCc4ccccc4)cc3)NC(=O)c3ccccc3)c2)sc2c1CCCC2. The van der Waals surface area contributed by atoms with Crippen molar-refractivity contribution in [2.45, 2.75) is 49.4 Å². The number of anilines is 2. The van der Waals surface area contributed by atoms with Gasteiger partial charge in [0.05, 0.1) is 17.9 Å². The molecular formula is C42H39N3O6S2. The van der Waals surface area contributed by atoms with Gasteiger partial charge in [-0.25, -0.2) is 4.79 Å². The highest BCUT2D eigenvalue weighted by atomic mass is 32.2. The Kier molecular flexibility index (Phi) is 12.4. The summed E-state index contributed by atoms with van der Waals surface area (Å²) in [5, 5.41) is 8.64. The van der Waals surface area contributed by atoms with E-state index >= 15 is 0 Å². The van der Waals surface area contributed by atoms with Crippen LogP contribution >= 0.6 is 23.1 Å². The van der Waals surface area contributed by atoms with Gasteiger partial charge in [0.25, 0.3) is 11.8 Å². The van der Waals surface area contributed by atoms with Gasteiger partial charge in [-0.3, -0.25) is 14.4 Å². The number of hydrogen-bond acceptors (Lipinski definition) is 8. The minimum atomic E-state index is -0.524. The first-order valence-corrected chi connectivity index (χ1v) is 18.9. The molecule has 0 aliphatic heterocycles. The molecule has 9 nitrogen and oxygen atoms in total. The van der Waals surface area contributed by atoms with Crippen molar-refractivity contribution >= 4 is 63.6 Å². The van der Waals surface area contributed by atoms with Gasteiger partial charge in [0.2, 0.25) is 5.91 Å². The van der Waals surface area contributed by atoms with Crippen LogP contribution in [-0.4, -0.2) is 36.1 Å². The summed E-state index contributed by atoms with van der Waals surface area (Å²) >= 11 is 2.76. The standard InChI is InChI=1S/C42H39N3O6S2/c1-27(38(46)45-41-37(42(49)50-2)34-18-9-10-19-36(34)53-41)52-33-17-11-16-31(25-33)43-40(48)35(44-39(47)30-14-7-4-8-15-30)24-28-20-22-32(23-21-28)51-26-29-12-5-3-6-13-29/h3-8,11-17,20-25,27H,9-10,18-19,26H2,1-2H3,(H,43,48)(H,44,47)(H,45,46)/b35-24-. The van der Waals surface area contributed by atoms with E-state index in [1.807, 2.05) is 66.7 Å². The molecule has 1 heterocycles. The van der Waals surface area contributed by atoms with Crippen molar-refractivity contribution in [1.82, 2.24) is 5.32 Å². The maximum Gasteiger partial charge on any atom is 0.341 e. The molecule has 1 aromatic heterocycles. The van der Waals surface area contributed by atoms with Crippen molar-refractivity contribution < 1.29 is 28.7 Å². The van der Waals surface area contributed by atoms with Crippen LogP contribution in [0.15, 0.2) is 120 Å². The van der Waals surface area contributed by atoms with Gasteiger partial charge in [0.15, 0.2) is 0 Å². The Balaban J connectivity index is 1.14. The summed E-state index contributed by atoms with van der Waals surface area (Å²) in [5.41, 5.74) is 4.09. The molecule has 0 radical (unpaired) electrons. The van der Waals surface area contributed by atoms with Crippen LogP contribution in [0.25, 0.3) is 6.08 Å². The van der Waals surface area contributed by atoms with Crippen LogP contribution in [0, 0.1) is 0 Å². The number of ether oxygens (including phenoxy) is 2. The average Bonchev–Trinajstić information content (AvgIpc) is 3.55. The number of aryl methyl sites for hydroxylation is 1. The van der Waals surface area contributed by atoms with E-state index in [-0.39, 0.29) is 11.6 Å². The minimum absolute atomic E-state index is 0.0441. The van der Waals surface area contributed by atoms with Crippen molar-refractivity contribution in [1.29, 1.82) is 0 Å².